The number of amides is 1. The number of nitrogens with zero attached hydrogens (tertiary/aromatic N) is 2. The highest BCUT2D eigenvalue weighted by atomic mass is 16.5. The molecule has 0 saturated heterocycles. The Kier molecular flexibility index (Phi) is 5.59. The molecule has 0 aliphatic heterocycles. The molecule has 0 bridgehead atoms. The van der Waals surface area contributed by atoms with Gasteiger partial charge >= 0.3 is 0 Å². The lowest BCUT2D eigenvalue weighted by Crippen LogP contribution is -2.47. The van der Waals surface area contributed by atoms with E-state index in [1.54, 1.807) is 29.2 Å². The Morgan fingerprint density at radius 2 is 1.83 bits per heavy atom. The van der Waals surface area contributed by atoms with E-state index in [1.165, 1.54) is 0 Å². The van der Waals surface area contributed by atoms with Crippen molar-refractivity contribution in [3.63, 3.8) is 0 Å². The molecule has 0 atom stereocenters. The van der Waals surface area contributed by atoms with Crippen LogP contribution >= 0.6 is 0 Å². The normalized spacial score (nSPS) is 10.8. The van der Waals surface area contributed by atoms with Crippen LogP contribution in [-0.4, -0.2) is 23.0 Å². The molecule has 0 saturated carbocycles. The minimum Gasteiger partial charge on any atom is -0.484 e. The van der Waals surface area contributed by atoms with E-state index < -0.39 is 0 Å². The number of nitriles is 1. The van der Waals surface area contributed by atoms with Crippen LogP contribution in [0.4, 0.5) is 0 Å². The third-order valence-electron chi connectivity index (χ3n) is 3.62. The summed E-state index contributed by atoms with van der Waals surface area (Å²) in [5, 5.41) is 8.92. The molecule has 0 aliphatic rings. The van der Waals surface area contributed by atoms with Gasteiger partial charge in [-0.3, -0.25) is 4.79 Å². The largest absolute Gasteiger partial charge is 0.484 e. The Hall–Kier alpha value is -2.80. The van der Waals surface area contributed by atoms with Crippen molar-refractivity contribution in [2.45, 2.75) is 32.9 Å². The summed E-state index contributed by atoms with van der Waals surface area (Å²) in [5.41, 5.74) is 1.27. The summed E-state index contributed by atoms with van der Waals surface area (Å²) in [6.45, 7) is 6.49. The second kappa shape index (κ2) is 7.65. The van der Waals surface area contributed by atoms with Crippen LogP contribution in [0, 0.1) is 11.3 Å². The molecule has 124 valence electrons. The summed E-state index contributed by atoms with van der Waals surface area (Å²) in [5.74, 6) is 0.435. The monoisotopic (exact) mass is 322 g/mol. The maximum absolute atomic E-state index is 12.7. The van der Waals surface area contributed by atoms with E-state index in [9.17, 15) is 4.79 Å². The molecular weight excluding hydrogens is 300 g/mol. The molecule has 1 amide bonds. The Labute approximate surface area is 143 Å². The maximum atomic E-state index is 12.7. The smallest absolute Gasteiger partial charge is 0.261 e. The van der Waals surface area contributed by atoms with Crippen LogP contribution < -0.4 is 4.74 Å². The number of carbonyl (C=O) groups excluding carboxylic acids is 1. The standard InChI is InChI=1S/C20H22N2O2/c1-20(2,3)22(14-16-8-5-4-6-9-16)19(23)15-24-18-11-7-10-17(12-18)13-21/h4-12H,14-15H2,1-3H3. The van der Waals surface area contributed by atoms with Crippen LogP contribution in [0.1, 0.15) is 31.9 Å². The second-order valence-corrected chi connectivity index (χ2v) is 6.56. The maximum Gasteiger partial charge on any atom is 0.261 e. The first kappa shape index (κ1) is 17.6. The van der Waals surface area contributed by atoms with E-state index in [0.717, 1.165) is 5.56 Å². The van der Waals surface area contributed by atoms with Crippen molar-refractivity contribution in [2.24, 2.45) is 0 Å². The van der Waals surface area contributed by atoms with Gasteiger partial charge in [-0.1, -0.05) is 36.4 Å². The van der Waals surface area contributed by atoms with E-state index in [-0.39, 0.29) is 18.1 Å². The Bertz CT molecular complexity index is 727. The van der Waals surface area contributed by atoms with Gasteiger partial charge in [-0.15, -0.1) is 0 Å². The highest BCUT2D eigenvalue weighted by molar-refractivity contribution is 5.78. The second-order valence-electron chi connectivity index (χ2n) is 6.56. The molecule has 4 heteroatoms. The Morgan fingerprint density at radius 1 is 1.12 bits per heavy atom. The number of carbonyl (C=O) groups is 1. The Balaban J connectivity index is 2.06. The molecule has 0 unspecified atom stereocenters. The van der Waals surface area contributed by atoms with Crippen LogP contribution in [0.5, 0.6) is 5.75 Å². The van der Waals surface area contributed by atoms with Crippen LogP contribution in [0.15, 0.2) is 54.6 Å². The van der Waals surface area contributed by atoms with E-state index in [2.05, 4.69) is 6.07 Å². The minimum atomic E-state index is -0.315. The van der Waals surface area contributed by atoms with Crippen LogP contribution in [0.2, 0.25) is 0 Å². The quantitative estimate of drug-likeness (QED) is 0.842. The van der Waals surface area contributed by atoms with Gasteiger partial charge in [0.25, 0.3) is 5.91 Å². The molecule has 0 N–H and O–H groups in total. The molecule has 0 spiro atoms. The summed E-state index contributed by atoms with van der Waals surface area (Å²) < 4.78 is 5.58. The highest BCUT2D eigenvalue weighted by Gasteiger charge is 2.26. The molecule has 24 heavy (non-hydrogen) atoms. The number of rotatable bonds is 5. The molecule has 0 radical (unpaired) electrons. The lowest BCUT2D eigenvalue weighted by Gasteiger charge is -2.35. The van der Waals surface area contributed by atoms with Gasteiger partial charge in [0.05, 0.1) is 11.6 Å². The fourth-order valence-electron chi connectivity index (χ4n) is 2.34. The fourth-order valence-corrected chi connectivity index (χ4v) is 2.34. The molecule has 2 aromatic rings. The molecule has 4 nitrogen and oxygen atoms in total. The van der Waals surface area contributed by atoms with Crippen molar-refractivity contribution in [1.82, 2.24) is 4.90 Å². The summed E-state index contributed by atoms with van der Waals surface area (Å²) in [7, 11) is 0. The summed E-state index contributed by atoms with van der Waals surface area (Å²) in [4.78, 5) is 14.5. The predicted octanol–water partition coefficient (Wildman–Crippen LogP) is 3.76. The fraction of sp³-hybridized carbons (Fsp3) is 0.300. The van der Waals surface area contributed by atoms with Gasteiger partial charge in [0.15, 0.2) is 6.61 Å². The number of hydrogen-bond acceptors (Lipinski definition) is 3. The molecule has 0 heterocycles. The van der Waals surface area contributed by atoms with E-state index in [1.807, 2.05) is 51.1 Å². The number of hydrogen-bond donors (Lipinski definition) is 0. The van der Waals surface area contributed by atoms with E-state index >= 15 is 0 Å². The third kappa shape index (κ3) is 4.85. The lowest BCUT2D eigenvalue weighted by atomic mass is 10.0. The van der Waals surface area contributed by atoms with E-state index in [0.29, 0.717) is 17.9 Å². The average Bonchev–Trinajstić information content (AvgIpc) is 2.57. The van der Waals surface area contributed by atoms with Gasteiger partial charge < -0.3 is 9.64 Å². The van der Waals surface area contributed by atoms with Crippen molar-refractivity contribution in [2.75, 3.05) is 6.61 Å². The molecule has 0 fully saturated rings. The molecule has 0 aromatic heterocycles. The third-order valence-corrected chi connectivity index (χ3v) is 3.62. The zero-order chi connectivity index (χ0) is 17.6. The van der Waals surface area contributed by atoms with Gasteiger partial charge in [0.2, 0.25) is 0 Å². The van der Waals surface area contributed by atoms with Crippen molar-refractivity contribution < 1.29 is 9.53 Å². The average molecular weight is 322 g/mol. The number of ether oxygens (including phenoxy) is 1. The van der Waals surface area contributed by atoms with Crippen LogP contribution in [-0.2, 0) is 11.3 Å². The predicted molar refractivity (Wildman–Crippen MR) is 93.4 cm³/mol. The van der Waals surface area contributed by atoms with Crippen molar-refractivity contribution >= 4 is 5.91 Å². The van der Waals surface area contributed by atoms with Crippen molar-refractivity contribution in [3.8, 4) is 11.8 Å². The molecule has 2 aromatic carbocycles. The number of benzene rings is 2. The zero-order valence-corrected chi connectivity index (χ0v) is 14.3. The van der Waals surface area contributed by atoms with Crippen LogP contribution in [0.25, 0.3) is 0 Å². The van der Waals surface area contributed by atoms with Crippen molar-refractivity contribution in [3.05, 3.63) is 65.7 Å². The van der Waals surface area contributed by atoms with Gasteiger partial charge in [0, 0.05) is 12.1 Å². The first-order chi connectivity index (χ1) is 11.4. The first-order valence-corrected chi connectivity index (χ1v) is 7.87. The lowest BCUT2D eigenvalue weighted by molar-refractivity contribution is -0.139. The summed E-state index contributed by atoms with van der Waals surface area (Å²) in [6.07, 6.45) is 0. The van der Waals surface area contributed by atoms with Gasteiger partial charge in [-0.25, -0.2) is 0 Å². The Morgan fingerprint density at radius 3 is 2.46 bits per heavy atom. The molecule has 2 rings (SSSR count). The SMILES string of the molecule is CC(C)(C)N(Cc1ccccc1)C(=O)COc1cccc(C#N)c1. The first-order valence-electron chi connectivity index (χ1n) is 7.87. The summed E-state index contributed by atoms with van der Waals surface area (Å²) >= 11 is 0. The van der Waals surface area contributed by atoms with Gasteiger partial charge in [-0.05, 0) is 44.5 Å². The highest BCUT2D eigenvalue weighted by Crippen LogP contribution is 2.19. The summed E-state index contributed by atoms with van der Waals surface area (Å²) in [6, 6.07) is 18.8. The minimum absolute atomic E-state index is 0.0566. The van der Waals surface area contributed by atoms with Crippen LogP contribution in [0.3, 0.4) is 0 Å². The van der Waals surface area contributed by atoms with Crippen molar-refractivity contribution in [1.29, 1.82) is 5.26 Å². The van der Waals surface area contributed by atoms with E-state index in [4.69, 9.17) is 10.00 Å². The molecular formula is C20H22N2O2. The zero-order valence-electron chi connectivity index (χ0n) is 14.3. The molecule has 0 aliphatic carbocycles. The topological polar surface area (TPSA) is 53.3 Å². The van der Waals surface area contributed by atoms with Gasteiger partial charge in [0.1, 0.15) is 5.75 Å². The van der Waals surface area contributed by atoms with Gasteiger partial charge in [-0.2, -0.15) is 5.26 Å².